The first-order chi connectivity index (χ1) is 16.1. The highest BCUT2D eigenvalue weighted by Gasteiger charge is 2.24. The third-order valence-corrected chi connectivity index (χ3v) is 5.67. The van der Waals surface area contributed by atoms with Crippen LogP contribution in [0.2, 0.25) is 0 Å². The maximum atomic E-state index is 12.3. The summed E-state index contributed by atoms with van der Waals surface area (Å²) in [6, 6.07) is 24.3. The highest BCUT2D eigenvalue weighted by molar-refractivity contribution is 5.95. The van der Waals surface area contributed by atoms with E-state index in [0.717, 1.165) is 43.0 Å². The fourth-order valence-corrected chi connectivity index (χ4v) is 3.79. The molecule has 3 aromatic carbocycles. The highest BCUT2D eigenvalue weighted by Crippen LogP contribution is 2.34. The fraction of sp³-hybridized carbons (Fsp3) is 0.259. The molecule has 0 fully saturated rings. The van der Waals surface area contributed by atoms with Gasteiger partial charge in [0, 0.05) is 18.8 Å². The van der Waals surface area contributed by atoms with E-state index in [1.54, 1.807) is 31.4 Å². The average molecular weight is 446 g/mol. The van der Waals surface area contributed by atoms with E-state index in [4.69, 9.17) is 4.74 Å². The Morgan fingerprint density at radius 1 is 0.879 bits per heavy atom. The van der Waals surface area contributed by atoms with Crippen LogP contribution in [0.3, 0.4) is 0 Å². The molecule has 0 radical (unpaired) electrons. The minimum absolute atomic E-state index is 0.0612. The van der Waals surface area contributed by atoms with Gasteiger partial charge in [-0.1, -0.05) is 56.3 Å². The number of anilines is 1. The number of rotatable bonds is 11. The molecule has 0 bridgehead atoms. The number of methoxy groups -OCH3 is 1. The van der Waals surface area contributed by atoms with Crippen molar-refractivity contribution in [3.8, 4) is 5.75 Å². The van der Waals surface area contributed by atoms with E-state index >= 15 is 0 Å². The van der Waals surface area contributed by atoms with Crippen LogP contribution < -0.4 is 10.1 Å². The van der Waals surface area contributed by atoms with Crippen molar-refractivity contribution in [2.75, 3.05) is 38.6 Å². The van der Waals surface area contributed by atoms with E-state index < -0.39 is 0 Å². The van der Waals surface area contributed by atoms with E-state index in [2.05, 4.69) is 24.1 Å². The summed E-state index contributed by atoms with van der Waals surface area (Å²) in [5.74, 6) is 0.655. The number of ether oxygens (including phenoxy) is 1. The summed E-state index contributed by atoms with van der Waals surface area (Å²) < 4.78 is 5.22. The van der Waals surface area contributed by atoms with Gasteiger partial charge >= 0.3 is 0 Å². The average Bonchev–Trinajstić information content (AvgIpc) is 2.86. The topological polar surface area (TPSA) is 67.6 Å². The predicted octanol–water partition coefficient (Wildman–Crippen LogP) is 5.64. The highest BCUT2D eigenvalue weighted by atomic mass is 16.6. The zero-order chi connectivity index (χ0) is 23.6. The number of hydrogen-bond donors (Lipinski definition) is 1. The van der Waals surface area contributed by atoms with Crippen LogP contribution in [0.5, 0.6) is 5.75 Å². The van der Waals surface area contributed by atoms with Crippen molar-refractivity contribution in [2.24, 2.45) is 0 Å². The molecule has 3 rings (SSSR count). The molecule has 0 atom stereocenters. The van der Waals surface area contributed by atoms with Gasteiger partial charge in [0.1, 0.15) is 5.75 Å². The van der Waals surface area contributed by atoms with E-state index in [1.807, 2.05) is 54.6 Å². The van der Waals surface area contributed by atoms with Crippen LogP contribution in [0.1, 0.15) is 30.5 Å². The van der Waals surface area contributed by atoms with Crippen molar-refractivity contribution in [3.05, 3.63) is 106 Å². The Hall–Kier alpha value is -3.64. The second-order valence-electron chi connectivity index (χ2n) is 7.61. The van der Waals surface area contributed by atoms with Crippen molar-refractivity contribution in [1.82, 2.24) is 4.90 Å². The van der Waals surface area contributed by atoms with E-state index in [9.17, 15) is 10.1 Å². The molecule has 3 aromatic rings. The third-order valence-electron chi connectivity index (χ3n) is 5.67. The standard InChI is InChI=1S/C27H31N3O3/c1-4-29(5-2)20-19-28-24-15-11-22(12-16-24)26(21-9-7-6-8-10-21)27(30(31)32)23-13-17-25(33-3)18-14-23/h6-18,28H,4-5,19-20H2,1-3H3. The third kappa shape index (κ3) is 6.20. The first kappa shape index (κ1) is 24.0. The zero-order valence-electron chi connectivity index (χ0n) is 19.5. The number of hydrogen-bond acceptors (Lipinski definition) is 5. The van der Waals surface area contributed by atoms with Gasteiger partial charge in [-0.2, -0.15) is 0 Å². The number of nitrogens with zero attached hydrogens (tertiary/aromatic N) is 2. The second-order valence-corrected chi connectivity index (χ2v) is 7.61. The molecule has 0 saturated carbocycles. The zero-order valence-corrected chi connectivity index (χ0v) is 19.5. The van der Waals surface area contributed by atoms with Gasteiger partial charge in [0.2, 0.25) is 0 Å². The van der Waals surface area contributed by atoms with Gasteiger partial charge in [0.05, 0.1) is 23.2 Å². The number of nitrogens with one attached hydrogen (secondary N) is 1. The molecule has 172 valence electrons. The normalized spacial score (nSPS) is 11.8. The first-order valence-electron chi connectivity index (χ1n) is 11.2. The summed E-state index contributed by atoms with van der Waals surface area (Å²) >= 11 is 0. The quantitative estimate of drug-likeness (QED) is 0.235. The number of nitro groups is 1. The van der Waals surface area contributed by atoms with Crippen molar-refractivity contribution in [3.63, 3.8) is 0 Å². The van der Waals surface area contributed by atoms with Crippen molar-refractivity contribution < 1.29 is 9.66 Å². The maximum Gasteiger partial charge on any atom is 0.284 e. The van der Waals surface area contributed by atoms with Gasteiger partial charge in [-0.3, -0.25) is 10.1 Å². The van der Waals surface area contributed by atoms with Crippen LogP contribution in [0.4, 0.5) is 5.69 Å². The molecular formula is C27H31N3O3. The molecule has 0 unspecified atom stereocenters. The molecule has 33 heavy (non-hydrogen) atoms. The smallest absolute Gasteiger partial charge is 0.284 e. The lowest BCUT2D eigenvalue weighted by Crippen LogP contribution is -2.28. The molecule has 0 aromatic heterocycles. The predicted molar refractivity (Wildman–Crippen MR) is 135 cm³/mol. The summed E-state index contributed by atoms with van der Waals surface area (Å²) in [5, 5.41) is 15.7. The lowest BCUT2D eigenvalue weighted by Gasteiger charge is -2.18. The number of likely N-dealkylation sites (N-methyl/N-ethyl adjacent to an activating group) is 1. The van der Waals surface area contributed by atoms with Gasteiger partial charge in [-0.05, 0) is 60.6 Å². The molecule has 0 aliphatic heterocycles. The molecule has 0 aliphatic carbocycles. The summed E-state index contributed by atoms with van der Waals surface area (Å²) in [6.07, 6.45) is 0. The van der Waals surface area contributed by atoms with Gasteiger partial charge in [-0.15, -0.1) is 0 Å². The molecule has 1 N–H and O–H groups in total. The largest absolute Gasteiger partial charge is 0.497 e. The summed E-state index contributed by atoms with van der Waals surface area (Å²) in [4.78, 5) is 14.3. The summed E-state index contributed by atoms with van der Waals surface area (Å²) in [7, 11) is 1.58. The maximum absolute atomic E-state index is 12.3. The SMILES string of the molecule is CCN(CC)CCNc1ccc(C(=C(c2ccc(OC)cc2)[N+](=O)[O-])c2ccccc2)cc1. The fourth-order valence-electron chi connectivity index (χ4n) is 3.79. The van der Waals surface area contributed by atoms with Crippen LogP contribution in [0.15, 0.2) is 78.9 Å². The van der Waals surface area contributed by atoms with Crippen LogP contribution in [0.25, 0.3) is 11.3 Å². The number of benzene rings is 3. The lowest BCUT2D eigenvalue weighted by molar-refractivity contribution is -0.374. The van der Waals surface area contributed by atoms with Crippen LogP contribution >= 0.6 is 0 Å². The Morgan fingerprint density at radius 3 is 2.00 bits per heavy atom. The molecule has 0 heterocycles. The Morgan fingerprint density at radius 2 is 1.45 bits per heavy atom. The van der Waals surface area contributed by atoms with Crippen molar-refractivity contribution >= 4 is 17.0 Å². The molecule has 0 aliphatic rings. The van der Waals surface area contributed by atoms with Gasteiger partial charge in [0.25, 0.3) is 5.70 Å². The van der Waals surface area contributed by atoms with E-state index in [0.29, 0.717) is 16.9 Å². The Kier molecular flexibility index (Phi) is 8.61. The van der Waals surface area contributed by atoms with E-state index in [1.165, 1.54) is 0 Å². The summed E-state index contributed by atoms with van der Waals surface area (Å²) in [5.41, 5.74) is 3.75. The van der Waals surface area contributed by atoms with E-state index in [-0.39, 0.29) is 10.6 Å². The minimum atomic E-state index is -0.305. The monoisotopic (exact) mass is 445 g/mol. The molecule has 6 nitrogen and oxygen atoms in total. The van der Waals surface area contributed by atoms with Gasteiger partial charge in [0.15, 0.2) is 0 Å². The Labute approximate surface area is 195 Å². The molecule has 0 spiro atoms. The van der Waals surface area contributed by atoms with Gasteiger partial charge < -0.3 is 15.0 Å². The van der Waals surface area contributed by atoms with Crippen molar-refractivity contribution in [1.29, 1.82) is 0 Å². The Bertz CT molecular complexity index is 1060. The van der Waals surface area contributed by atoms with Crippen LogP contribution in [-0.4, -0.2) is 43.1 Å². The molecule has 0 saturated heterocycles. The Balaban J connectivity index is 1.99. The molecule has 6 heteroatoms. The van der Waals surface area contributed by atoms with Crippen LogP contribution in [0, 0.1) is 10.1 Å². The lowest BCUT2D eigenvalue weighted by atomic mass is 9.93. The molecular weight excluding hydrogens is 414 g/mol. The van der Waals surface area contributed by atoms with Crippen molar-refractivity contribution in [2.45, 2.75) is 13.8 Å². The van der Waals surface area contributed by atoms with Crippen LogP contribution in [-0.2, 0) is 0 Å². The first-order valence-corrected chi connectivity index (χ1v) is 11.2. The summed E-state index contributed by atoms with van der Waals surface area (Å²) in [6.45, 7) is 8.17. The molecule has 0 amide bonds. The minimum Gasteiger partial charge on any atom is -0.497 e. The second kappa shape index (κ2) is 11.8. The van der Waals surface area contributed by atoms with Gasteiger partial charge in [-0.25, -0.2) is 0 Å².